The van der Waals surface area contributed by atoms with E-state index in [1.807, 2.05) is 32.0 Å². The Bertz CT molecular complexity index is 449. The number of rotatable bonds is 7. The average molecular weight is 280 g/mol. The summed E-state index contributed by atoms with van der Waals surface area (Å²) in [7, 11) is 3.33. The maximum atomic E-state index is 11.9. The molecular formula is C15H24N2O3. The lowest BCUT2D eigenvalue weighted by atomic mass is 10.1. The van der Waals surface area contributed by atoms with Crippen LogP contribution in [0.1, 0.15) is 11.1 Å². The third-order valence-corrected chi connectivity index (χ3v) is 3.09. The normalized spacial score (nSPS) is 12.5. The van der Waals surface area contributed by atoms with Gasteiger partial charge in [-0.15, -0.1) is 0 Å². The minimum atomic E-state index is -0.584. The zero-order valence-corrected chi connectivity index (χ0v) is 12.6. The van der Waals surface area contributed by atoms with Crippen LogP contribution in [0.2, 0.25) is 0 Å². The zero-order chi connectivity index (χ0) is 15.1. The van der Waals surface area contributed by atoms with Crippen molar-refractivity contribution in [3.05, 3.63) is 29.3 Å². The summed E-state index contributed by atoms with van der Waals surface area (Å²) in [5.74, 6) is -0.0969. The van der Waals surface area contributed by atoms with Gasteiger partial charge in [-0.3, -0.25) is 9.69 Å². The average Bonchev–Trinajstić information content (AvgIpc) is 2.33. The largest absolute Gasteiger partial charge is 0.389 e. The highest BCUT2D eigenvalue weighted by molar-refractivity contribution is 5.92. The fourth-order valence-corrected chi connectivity index (χ4v) is 1.93. The van der Waals surface area contributed by atoms with Crippen molar-refractivity contribution in [2.24, 2.45) is 0 Å². The van der Waals surface area contributed by atoms with E-state index >= 15 is 0 Å². The number of benzene rings is 1. The second-order valence-corrected chi connectivity index (χ2v) is 5.15. The SMILES string of the molecule is COCC(O)CN(C)CC(=O)Nc1ccc(C)c(C)c1. The summed E-state index contributed by atoms with van der Waals surface area (Å²) in [6.07, 6.45) is -0.584. The van der Waals surface area contributed by atoms with Gasteiger partial charge >= 0.3 is 0 Å². The van der Waals surface area contributed by atoms with Crippen LogP contribution in [0.4, 0.5) is 5.69 Å². The Morgan fingerprint density at radius 2 is 2.10 bits per heavy atom. The van der Waals surface area contributed by atoms with E-state index in [4.69, 9.17) is 4.74 Å². The summed E-state index contributed by atoms with van der Waals surface area (Å²) in [4.78, 5) is 13.7. The fraction of sp³-hybridized carbons (Fsp3) is 0.533. The lowest BCUT2D eigenvalue weighted by Crippen LogP contribution is -2.37. The highest BCUT2D eigenvalue weighted by atomic mass is 16.5. The van der Waals surface area contributed by atoms with Gasteiger partial charge in [0.15, 0.2) is 0 Å². The van der Waals surface area contributed by atoms with E-state index in [-0.39, 0.29) is 19.1 Å². The van der Waals surface area contributed by atoms with Gasteiger partial charge in [-0.1, -0.05) is 6.07 Å². The Hall–Kier alpha value is -1.43. The molecule has 0 aliphatic rings. The van der Waals surface area contributed by atoms with E-state index in [1.165, 1.54) is 12.7 Å². The first-order chi connectivity index (χ1) is 9.42. The van der Waals surface area contributed by atoms with Crippen LogP contribution in [0, 0.1) is 13.8 Å². The van der Waals surface area contributed by atoms with Crippen LogP contribution in [-0.4, -0.2) is 55.9 Å². The van der Waals surface area contributed by atoms with E-state index in [2.05, 4.69) is 5.32 Å². The van der Waals surface area contributed by atoms with Crippen LogP contribution in [0.15, 0.2) is 18.2 Å². The van der Waals surface area contributed by atoms with Crippen molar-refractivity contribution >= 4 is 11.6 Å². The predicted octanol–water partition coefficient (Wildman–Crippen LogP) is 1.18. The Morgan fingerprint density at radius 1 is 1.40 bits per heavy atom. The molecule has 5 heteroatoms. The van der Waals surface area contributed by atoms with Crippen molar-refractivity contribution in [2.75, 3.05) is 39.2 Å². The van der Waals surface area contributed by atoms with Gasteiger partial charge in [0.25, 0.3) is 0 Å². The predicted molar refractivity (Wildman–Crippen MR) is 79.9 cm³/mol. The first kappa shape index (κ1) is 16.6. The number of carbonyl (C=O) groups excluding carboxylic acids is 1. The number of nitrogens with zero attached hydrogens (tertiary/aromatic N) is 1. The van der Waals surface area contributed by atoms with E-state index in [9.17, 15) is 9.90 Å². The number of aliphatic hydroxyl groups is 1. The summed E-state index contributed by atoms with van der Waals surface area (Å²) < 4.78 is 4.85. The molecule has 1 rings (SSSR count). The van der Waals surface area contributed by atoms with Gasteiger partial charge in [-0.2, -0.15) is 0 Å². The summed E-state index contributed by atoms with van der Waals surface area (Å²) >= 11 is 0. The molecule has 2 N–H and O–H groups in total. The van der Waals surface area contributed by atoms with Crippen LogP contribution < -0.4 is 5.32 Å². The molecule has 20 heavy (non-hydrogen) atoms. The molecule has 0 heterocycles. The summed E-state index contributed by atoms with van der Waals surface area (Å²) in [5.41, 5.74) is 3.14. The first-order valence-electron chi connectivity index (χ1n) is 6.65. The molecule has 112 valence electrons. The van der Waals surface area contributed by atoms with Crippen molar-refractivity contribution in [1.29, 1.82) is 0 Å². The van der Waals surface area contributed by atoms with Crippen LogP contribution in [-0.2, 0) is 9.53 Å². The van der Waals surface area contributed by atoms with Crippen LogP contribution in [0.5, 0.6) is 0 Å². The minimum absolute atomic E-state index is 0.0969. The van der Waals surface area contributed by atoms with E-state index in [0.717, 1.165) is 11.3 Å². The molecule has 0 saturated heterocycles. The number of nitrogens with one attached hydrogen (secondary N) is 1. The van der Waals surface area contributed by atoms with E-state index in [0.29, 0.717) is 6.54 Å². The number of hydrogen-bond acceptors (Lipinski definition) is 4. The molecule has 1 amide bonds. The molecule has 0 aliphatic heterocycles. The van der Waals surface area contributed by atoms with Crippen molar-refractivity contribution in [3.63, 3.8) is 0 Å². The standard InChI is InChI=1S/C15H24N2O3/c1-11-5-6-13(7-12(11)2)16-15(19)9-17(3)8-14(18)10-20-4/h5-7,14,18H,8-10H2,1-4H3,(H,16,19). The van der Waals surface area contributed by atoms with E-state index < -0.39 is 6.10 Å². The van der Waals surface area contributed by atoms with Crippen molar-refractivity contribution in [1.82, 2.24) is 4.90 Å². The molecule has 1 aromatic carbocycles. The Morgan fingerprint density at radius 3 is 2.70 bits per heavy atom. The number of likely N-dealkylation sites (N-methyl/N-ethyl adjacent to an activating group) is 1. The lowest BCUT2D eigenvalue weighted by Gasteiger charge is -2.19. The molecule has 5 nitrogen and oxygen atoms in total. The fourth-order valence-electron chi connectivity index (χ4n) is 1.93. The molecule has 1 unspecified atom stereocenters. The topological polar surface area (TPSA) is 61.8 Å². The molecule has 0 saturated carbocycles. The zero-order valence-electron chi connectivity index (χ0n) is 12.6. The number of ether oxygens (including phenoxy) is 1. The number of anilines is 1. The van der Waals surface area contributed by atoms with Crippen molar-refractivity contribution in [3.8, 4) is 0 Å². The Kier molecular flexibility index (Phi) is 6.64. The van der Waals surface area contributed by atoms with Gasteiger partial charge < -0.3 is 15.2 Å². The molecule has 0 spiro atoms. The highest BCUT2D eigenvalue weighted by Crippen LogP contribution is 2.13. The van der Waals surface area contributed by atoms with Gasteiger partial charge in [-0.25, -0.2) is 0 Å². The maximum Gasteiger partial charge on any atom is 0.238 e. The number of hydrogen-bond donors (Lipinski definition) is 2. The number of carbonyl (C=O) groups is 1. The van der Waals surface area contributed by atoms with Crippen LogP contribution in [0.25, 0.3) is 0 Å². The quantitative estimate of drug-likeness (QED) is 0.787. The number of amides is 1. The molecule has 0 aromatic heterocycles. The summed E-state index contributed by atoms with van der Waals surface area (Å²) in [5, 5.41) is 12.4. The van der Waals surface area contributed by atoms with Gasteiger partial charge in [-0.05, 0) is 44.2 Å². The molecule has 0 radical (unpaired) electrons. The number of aliphatic hydroxyl groups excluding tert-OH is 1. The van der Waals surface area contributed by atoms with Crippen molar-refractivity contribution in [2.45, 2.75) is 20.0 Å². The molecule has 0 fully saturated rings. The minimum Gasteiger partial charge on any atom is -0.389 e. The van der Waals surface area contributed by atoms with Crippen LogP contribution >= 0.6 is 0 Å². The third-order valence-electron chi connectivity index (χ3n) is 3.09. The maximum absolute atomic E-state index is 11.9. The summed E-state index contributed by atoms with van der Waals surface area (Å²) in [6, 6.07) is 5.82. The van der Waals surface area contributed by atoms with E-state index in [1.54, 1.807) is 11.9 Å². The molecule has 1 aromatic rings. The van der Waals surface area contributed by atoms with Crippen molar-refractivity contribution < 1.29 is 14.6 Å². The molecule has 0 bridgehead atoms. The van der Waals surface area contributed by atoms with Gasteiger partial charge in [0.2, 0.25) is 5.91 Å². The smallest absolute Gasteiger partial charge is 0.238 e. The van der Waals surface area contributed by atoms with Gasteiger partial charge in [0, 0.05) is 19.3 Å². The van der Waals surface area contributed by atoms with Gasteiger partial charge in [0.05, 0.1) is 19.3 Å². The second kappa shape index (κ2) is 7.99. The van der Waals surface area contributed by atoms with Gasteiger partial charge in [0.1, 0.15) is 0 Å². The Labute approximate surface area is 120 Å². The second-order valence-electron chi connectivity index (χ2n) is 5.15. The highest BCUT2D eigenvalue weighted by Gasteiger charge is 2.11. The first-order valence-corrected chi connectivity index (χ1v) is 6.65. The third kappa shape index (κ3) is 5.69. The Balaban J connectivity index is 2.44. The molecule has 1 atom stereocenters. The van der Waals surface area contributed by atoms with Crippen LogP contribution in [0.3, 0.4) is 0 Å². The number of methoxy groups -OCH3 is 1. The molecular weight excluding hydrogens is 256 g/mol. The summed E-state index contributed by atoms with van der Waals surface area (Å²) in [6.45, 7) is 4.94. The molecule has 0 aliphatic carbocycles. The lowest BCUT2D eigenvalue weighted by molar-refractivity contribution is -0.117. The number of aryl methyl sites for hydroxylation is 2. The monoisotopic (exact) mass is 280 g/mol.